The molecule has 0 aliphatic heterocycles. The molecule has 0 amide bonds. The van der Waals surface area contributed by atoms with Gasteiger partial charge in [-0.05, 0) is 56.5 Å². The molecule has 0 aromatic heterocycles. The summed E-state index contributed by atoms with van der Waals surface area (Å²) in [6.45, 7) is 3.67. The number of nitrogens with one attached hydrogen (secondary N) is 1. The van der Waals surface area contributed by atoms with Crippen LogP contribution < -0.4 is 5.32 Å². The molecule has 1 heteroatoms. The van der Waals surface area contributed by atoms with E-state index in [1.165, 1.54) is 32.2 Å². The Hall–Kier alpha value is -0.0400. The summed E-state index contributed by atoms with van der Waals surface area (Å²) in [5, 5.41) is 3.34. The molecular formula is C11H21N. The van der Waals surface area contributed by atoms with Gasteiger partial charge in [0.1, 0.15) is 0 Å². The Morgan fingerprint density at radius 1 is 1.25 bits per heavy atom. The molecule has 1 nitrogen and oxygen atoms in total. The SMILES string of the molecule is CNCC1CCCC1C1C[C@@H]1C. The van der Waals surface area contributed by atoms with E-state index >= 15 is 0 Å². The minimum absolute atomic E-state index is 1.00. The van der Waals surface area contributed by atoms with Crippen molar-refractivity contribution in [1.82, 2.24) is 5.32 Å². The summed E-state index contributed by atoms with van der Waals surface area (Å²) in [5.41, 5.74) is 0. The lowest BCUT2D eigenvalue weighted by Gasteiger charge is -2.18. The zero-order valence-electron chi connectivity index (χ0n) is 8.34. The molecule has 2 aliphatic carbocycles. The maximum atomic E-state index is 3.34. The van der Waals surface area contributed by atoms with Crippen molar-refractivity contribution in [3.63, 3.8) is 0 Å². The minimum Gasteiger partial charge on any atom is -0.319 e. The quantitative estimate of drug-likeness (QED) is 0.680. The van der Waals surface area contributed by atoms with E-state index in [0.29, 0.717) is 0 Å². The maximum absolute atomic E-state index is 3.34. The zero-order chi connectivity index (χ0) is 8.55. The first-order valence-electron chi connectivity index (χ1n) is 5.47. The Morgan fingerprint density at radius 3 is 2.58 bits per heavy atom. The van der Waals surface area contributed by atoms with Crippen LogP contribution in [0.2, 0.25) is 0 Å². The van der Waals surface area contributed by atoms with Gasteiger partial charge in [0.2, 0.25) is 0 Å². The molecule has 0 heterocycles. The molecule has 0 bridgehead atoms. The average Bonchev–Trinajstić information content (AvgIpc) is 2.62. The van der Waals surface area contributed by atoms with Gasteiger partial charge in [0, 0.05) is 0 Å². The summed E-state index contributed by atoms with van der Waals surface area (Å²) >= 11 is 0. The fourth-order valence-electron chi connectivity index (χ4n) is 3.09. The van der Waals surface area contributed by atoms with E-state index in [9.17, 15) is 0 Å². The minimum atomic E-state index is 1.00. The molecule has 0 aromatic rings. The summed E-state index contributed by atoms with van der Waals surface area (Å²) in [6, 6.07) is 0. The number of rotatable bonds is 3. The highest BCUT2D eigenvalue weighted by molar-refractivity contribution is 4.94. The predicted molar refractivity (Wildman–Crippen MR) is 52.0 cm³/mol. The lowest BCUT2D eigenvalue weighted by atomic mass is 9.90. The number of hydrogen-bond acceptors (Lipinski definition) is 1. The summed E-state index contributed by atoms with van der Waals surface area (Å²) in [7, 11) is 2.09. The zero-order valence-corrected chi connectivity index (χ0v) is 8.34. The van der Waals surface area contributed by atoms with Crippen LogP contribution in [0.15, 0.2) is 0 Å². The van der Waals surface area contributed by atoms with Crippen LogP contribution >= 0.6 is 0 Å². The second kappa shape index (κ2) is 3.37. The van der Waals surface area contributed by atoms with Gasteiger partial charge >= 0.3 is 0 Å². The highest BCUT2D eigenvalue weighted by Gasteiger charge is 2.44. The van der Waals surface area contributed by atoms with Gasteiger partial charge in [-0.1, -0.05) is 13.3 Å². The van der Waals surface area contributed by atoms with Crippen molar-refractivity contribution in [2.75, 3.05) is 13.6 Å². The Kier molecular flexibility index (Phi) is 2.40. The maximum Gasteiger partial charge on any atom is -0.00208 e. The molecule has 2 rings (SSSR count). The highest BCUT2D eigenvalue weighted by atomic mass is 14.8. The molecule has 2 saturated carbocycles. The standard InChI is InChI=1S/C11H21N/c1-8-6-11(8)10-5-3-4-9(10)7-12-2/h8-12H,3-7H2,1-2H3/t8-,9?,10?,11?/m0/s1. The van der Waals surface area contributed by atoms with E-state index in [1.807, 2.05) is 0 Å². The lowest BCUT2D eigenvalue weighted by Crippen LogP contribution is -2.23. The monoisotopic (exact) mass is 167 g/mol. The molecule has 12 heavy (non-hydrogen) atoms. The van der Waals surface area contributed by atoms with Crippen molar-refractivity contribution >= 4 is 0 Å². The summed E-state index contributed by atoms with van der Waals surface area (Å²) in [6.07, 6.45) is 6.00. The van der Waals surface area contributed by atoms with Crippen LogP contribution in [0.3, 0.4) is 0 Å². The van der Waals surface area contributed by atoms with Gasteiger partial charge in [-0.25, -0.2) is 0 Å². The lowest BCUT2D eigenvalue weighted by molar-refractivity contribution is 0.327. The molecule has 0 radical (unpaired) electrons. The van der Waals surface area contributed by atoms with Crippen molar-refractivity contribution in [3.8, 4) is 0 Å². The normalized spacial score (nSPS) is 46.5. The van der Waals surface area contributed by atoms with Gasteiger partial charge < -0.3 is 5.32 Å². The second-order valence-electron chi connectivity index (χ2n) is 4.79. The van der Waals surface area contributed by atoms with Crippen LogP contribution in [-0.4, -0.2) is 13.6 Å². The summed E-state index contributed by atoms with van der Waals surface area (Å²) < 4.78 is 0. The van der Waals surface area contributed by atoms with Gasteiger partial charge in [-0.15, -0.1) is 0 Å². The van der Waals surface area contributed by atoms with Crippen molar-refractivity contribution in [1.29, 1.82) is 0 Å². The van der Waals surface area contributed by atoms with Crippen LogP contribution in [0.25, 0.3) is 0 Å². The first-order valence-corrected chi connectivity index (χ1v) is 5.47. The fourth-order valence-corrected chi connectivity index (χ4v) is 3.09. The van der Waals surface area contributed by atoms with Crippen LogP contribution in [0.1, 0.15) is 32.6 Å². The molecule has 3 unspecified atom stereocenters. The Balaban J connectivity index is 1.86. The third-order valence-electron chi connectivity index (χ3n) is 3.91. The molecule has 2 fully saturated rings. The highest BCUT2D eigenvalue weighted by Crippen LogP contribution is 2.51. The van der Waals surface area contributed by atoms with Crippen molar-refractivity contribution in [2.24, 2.45) is 23.7 Å². The van der Waals surface area contributed by atoms with Gasteiger partial charge in [0.05, 0.1) is 0 Å². The molecule has 1 N–H and O–H groups in total. The summed E-state index contributed by atoms with van der Waals surface area (Å²) in [5.74, 6) is 4.23. The molecule has 0 aromatic carbocycles. The molecule has 4 atom stereocenters. The number of hydrogen-bond donors (Lipinski definition) is 1. The molecular weight excluding hydrogens is 146 g/mol. The molecule has 0 saturated heterocycles. The second-order valence-corrected chi connectivity index (χ2v) is 4.79. The molecule has 70 valence electrons. The smallest absolute Gasteiger partial charge is 0.00208 e. The van der Waals surface area contributed by atoms with Crippen LogP contribution in [0.4, 0.5) is 0 Å². The summed E-state index contributed by atoms with van der Waals surface area (Å²) in [4.78, 5) is 0. The largest absolute Gasteiger partial charge is 0.319 e. The van der Waals surface area contributed by atoms with E-state index in [-0.39, 0.29) is 0 Å². The fraction of sp³-hybridized carbons (Fsp3) is 1.00. The molecule has 2 aliphatic rings. The van der Waals surface area contributed by atoms with Crippen LogP contribution in [0, 0.1) is 23.7 Å². The van der Waals surface area contributed by atoms with E-state index in [2.05, 4.69) is 19.3 Å². The Labute approximate surface area is 75.9 Å². The topological polar surface area (TPSA) is 12.0 Å². The van der Waals surface area contributed by atoms with Crippen LogP contribution in [-0.2, 0) is 0 Å². The van der Waals surface area contributed by atoms with Gasteiger partial charge in [-0.3, -0.25) is 0 Å². The Bertz CT molecular complexity index is 155. The van der Waals surface area contributed by atoms with Crippen LogP contribution in [0.5, 0.6) is 0 Å². The van der Waals surface area contributed by atoms with E-state index in [0.717, 1.165) is 23.7 Å². The third kappa shape index (κ3) is 1.52. The third-order valence-corrected chi connectivity index (χ3v) is 3.91. The van der Waals surface area contributed by atoms with Gasteiger partial charge in [0.25, 0.3) is 0 Å². The average molecular weight is 167 g/mol. The van der Waals surface area contributed by atoms with Gasteiger partial charge in [-0.2, -0.15) is 0 Å². The van der Waals surface area contributed by atoms with E-state index < -0.39 is 0 Å². The van der Waals surface area contributed by atoms with E-state index in [4.69, 9.17) is 0 Å². The van der Waals surface area contributed by atoms with Gasteiger partial charge in [0.15, 0.2) is 0 Å². The van der Waals surface area contributed by atoms with Crippen molar-refractivity contribution in [3.05, 3.63) is 0 Å². The van der Waals surface area contributed by atoms with E-state index in [1.54, 1.807) is 0 Å². The van der Waals surface area contributed by atoms with Crippen molar-refractivity contribution in [2.45, 2.75) is 32.6 Å². The first-order chi connectivity index (χ1) is 5.83. The molecule has 0 spiro atoms. The first kappa shape index (κ1) is 8.55. The van der Waals surface area contributed by atoms with Crippen molar-refractivity contribution < 1.29 is 0 Å². The predicted octanol–water partition coefficient (Wildman–Crippen LogP) is 2.28. The Morgan fingerprint density at radius 2 is 2.00 bits per heavy atom.